The Hall–Kier alpha value is -1.10. The highest BCUT2D eigenvalue weighted by Crippen LogP contribution is 2.16. The summed E-state index contributed by atoms with van der Waals surface area (Å²) in [6.45, 7) is 10.6. The van der Waals surface area contributed by atoms with E-state index in [4.69, 9.17) is 4.74 Å². The summed E-state index contributed by atoms with van der Waals surface area (Å²) in [6.07, 6.45) is 12.3. The highest BCUT2D eigenvalue weighted by Gasteiger charge is 2.13. The fourth-order valence-corrected chi connectivity index (χ4v) is 4.47. The van der Waals surface area contributed by atoms with Gasteiger partial charge in [0.1, 0.15) is 5.75 Å². The van der Waals surface area contributed by atoms with E-state index in [2.05, 4.69) is 46.0 Å². The highest BCUT2D eigenvalue weighted by atomic mass is 16.5. The molecular weight excluding hydrogens is 358 g/mol. The molecule has 0 saturated carbocycles. The van der Waals surface area contributed by atoms with Gasteiger partial charge in [-0.2, -0.15) is 0 Å². The molecule has 0 atom stereocenters. The van der Waals surface area contributed by atoms with Gasteiger partial charge in [-0.1, -0.05) is 44.2 Å². The molecule has 0 radical (unpaired) electrons. The first-order valence-electron chi connectivity index (χ1n) is 12.1. The molecule has 0 aliphatic carbocycles. The lowest BCUT2D eigenvalue weighted by Gasteiger charge is -2.32. The van der Waals surface area contributed by atoms with Crippen molar-refractivity contribution in [3.05, 3.63) is 29.8 Å². The van der Waals surface area contributed by atoms with Crippen molar-refractivity contribution in [3.63, 3.8) is 0 Å². The average Bonchev–Trinajstić information content (AvgIpc) is 2.76. The standard InChI is InChI=1S/C25H43N3O/c1-26-18-20-28(21-19-26)23-24-11-13-25(14-12-24)29-22-10-5-3-2-4-7-15-27-16-8-6-9-17-27/h11-14H,2-10,15-23H2,1H3. The Morgan fingerprint density at radius 3 is 2.07 bits per heavy atom. The lowest BCUT2D eigenvalue weighted by atomic mass is 10.1. The third kappa shape index (κ3) is 9.06. The van der Waals surface area contributed by atoms with Crippen LogP contribution in [0.5, 0.6) is 5.75 Å². The van der Waals surface area contributed by atoms with Gasteiger partial charge in [-0.3, -0.25) is 4.90 Å². The molecule has 0 aromatic heterocycles. The van der Waals surface area contributed by atoms with Gasteiger partial charge in [-0.05, 0) is 70.1 Å². The van der Waals surface area contributed by atoms with E-state index in [1.165, 1.54) is 109 Å². The summed E-state index contributed by atoms with van der Waals surface area (Å²) >= 11 is 0. The summed E-state index contributed by atoms with van der Waals surface area (Å²) < 4.78 is 5.95. The van der Waals surface area contributed by atoms with E-state index in [0.29, 0.717) is 0 Å². The van der Waals surface area contributed by atoms with E-state index >= 15 is 0 Å². The normalized spacial score (nSPS) is 19.5. The van der Waals surface area contributed by atoms with Crippen molar-refractivity contribution in [2.24, 2.45) is 0 Å². The molecule has 2 aliphatic heterocycles. The zero-order valence-corrected chi connectivity index (χ0v) is 18.8. The second-order valence-corrected chi connectivity index (χ2v) is 9.10. The van der Waals surface area contributed by atoms with Crippen LogP contribution in [0.4, 0.5) is 0 Å². The first-order valence-corrected chi connectivity index (χ1v) is 12.1. The SMILES string of the molecule is CN1CCN(Cc2ccc(OCCCCCCCCN3CCCCC3)cc2)CC1. The van der Waals surface area contributed by atoms with Crippen molar-refractivity contribution < 1.29 is 4.74 Å². The maximum Gasteiger partial charge on any atom is 0.119 e. The molecular formula is C25H43N3O. The molecule has 3 rings (SSSR count). The van der Waals surface area contributed by atoms with E-state index in [-0.39, 0.29) is 0 Å². The highest BCUT2D eigenvalue weighted by molar-refractivity contribution is 5.27. The van der Waals surface area contributed by atoms with Gasteiger partial charge in [-0.15, -0.1) is 0 Å². The average molecular weight is 402 g/mol. The molecule has 1 aromatic carbocycles. The predicted octanol–water partition coefficient (Wildman–Crippen LogP) is 4.64. The first kappa shape index (κ1) is 22.6. The Labute approximate surface area is 179 Å². The Kier molecular flexibility index (Phi) is 10.3. The van der Waals surface area contributed by atoms with Crippen LogP contribution in [0.25, 0.3) is 0 Å². The lowest BCUT2D eigenvalue weighted by Crippen LogP contribution is -2.43. The van der Waals surface area contributed by atoms with Crippen molar-refractivity contribution >= 4 is 0 Å². The van der Waals surface area contributed by atoms with Crippen molar-refractivity contribution in [1.82, 2.24) is 14.7 Å². The van der Waals surface area contributed by atoms with Crippen LogP contribution >= 0.6 is 0 Å². The lowest BCUT2D eigenvalue weighted by molar-refractivity contribution is 0.148. The number of ether oxygens (including phenoxy) is 1. The molecule has 0 N–H and O–H groups in total. The molecule has 0 unspecified atom stereocenters. The quantitative estimate of drug-likeness (QED) is 0.475. The van der Waals surface area contributed by atoms with Gasteiger partial charge in [0.25, 0.3) is 0 Å². The van der Waals surface area contributed by atoms with E-state index in [9.17, 15) is 0 Å². The molecule has 29 heavy (non-hydrogen) atoms. The molecule has 4 heteroatoms. The van der Waals surface area contributed by atoms with Crippen molar-refractivity contribution in [2.75, 3.05) is 59.5 Å². The zero-order chi connectivity index (χ0) is 20.2. The Balaban J connectivity index is 1.17. The number of hydrogen-bond donors (Lipinski definition) is 0. The molecule has 1 aromatic rings. The Morgan fingerprint density at radius 2 is 1.34 bits per heavy atom. The molecule has 0 bridgehead atoms. The number of benzene rings is 1. The minimum atomic E-state index is 0.853. The Bertz CT molecular complexity index is 534. The number of likely N-dealkylation sites (N-methyl/N-ethyl adjacent to an activating group) is 1. The minimum absolute atomic E-state index is 0.853. The zero-order valence-electron chi connectivity index (χ0n) is 18.8. The Morgan fingerprint density at radius 1 is 0.690 bits per heavy atom. The van der Waals surface area contributed by atoms with Gasteiger partial charge in [0.15, 0.2) is 0 Å². The largest absolute Gasteiger partial charge is 0.494 e. The number of likely N-dealkylation sites (tertiary alicyclic amines) is 1. The number of unbranched alkanes of at least 4 members (excludes halogenated alkanes) is 5. The van der Waals surface area contributed by atoms with E-state index < -0.39 is 0 Å². The summed E-state index contributed by atoms with van der Waals surface area (Å²) in [5.74, 6) is 1.02. The number of rotatable bonds is 12. The summed E-state index contributed by atoms with van der Waals surface area (Å²) in [7, 11) is 2.21. The molecule has 0 amide bonds. The summed E-state index contributed by atoms with van der Waals surface area (Å²) in [6, 6.07) is 8.75. The number of piperazine rings is 1. The predicted molar refractivity (Wildman–Crippen MR) is 123 cm³/mol. The third-order valence-corrected chi connectivity index (χ3v) is 6.51. The van der Waals surface area contributed by atoms with Gasteiger partial charge in [0, 0.05) is 32.7 Å². The topological polar surface area (TPSA) is 19.0 Å². The third-order valence-electron chi connectivity index (χ3n) is 6.51. The molecule has 2 saturated heterocycles. The summed E-state index contributed by atoms with van der Waals surface area (Å²) in [4.78, 5) is 7.61. The summed E-state index contributed by atoms with van der Waals surface area (Å²) in [5, 5.41) is 0. The maximum atomic E-state index is 5.95. The summed E-state index contributed by atoms with van der Waals surface area (Å²) in [5.41, 5.74) is 1.39. The second-order valence-electron chi connectivity index (χ2n) is 9.10. The van der Waals surface area contributed by atoms with Crippen LogP contribution in [0.3, 0.4) is 0 Å². The molecule has 164 valence electrons. The molecule has 2 aliphatic rings. The van der Waals surface area contributed by atoms with Gasteiger partial charge in [-0.25, -0.2) is 0 Å². The smallest absolute Gasteiger partial charge is 0.119 e. The minimum Gasteiger partial charge on any atom is -0.494 e. The van der Waals surface area contributed by atoms with Gasteiger partial charge in [0.2, 0.25) is 0 Å². The van der Waals surface area contributed by atoms with Crippen molar-refractivity contribution in [1.29, 1.82) is 0 Å². The monoisotopic (exact) mass is 401 g/mol. The van der Waals surface area contributed by atoms with Crippen LogP contribution in [0, 0.1) is 0 Å². The van der Waals surface area contributed by atoms with E-state index in [1.54, 1.807) is 0 Å². The van der Waals surface area contributed by atoms with Crippen LogP contribution in [0.1, 0.15) is 63.4 Å². The maximum absolute atomic E-state index is 5.95. The van der Waals surface area contributed by atoms with Crippen LogP contribution in [0.15, 0.2) is 24.3 Å². The molecule has 0 spiro atoms. The van der Waals surface area contributed by atoms with Crippen LogP contribution in [0.2, 0.25) is 0 Å². The fraction of sp³-hybridized carbons (Fsp3) is 0.760. The van der Waals surface area contributed by atoms with Crippen LogP contribution in [-0.4, -0.2) is 74.2 Å². The number of hydrogen-bond acceptors (Lipinski definition) is 4. The molecule has 4 nitrogen and oxygen atoms in total. The van der Waals surface area contributed by atoms with Gasteiger partial charge < -0.3 is 14.5 Å². The van der Waals surface area contributed by atoms with Gasteiger partial charge in [0.05, 0.1) is 6.61 Å². The van der Waals surface area contributed by atoms with Crippen LogP contribution < -0.4 is 4.74 Å². The first-order chi connectivity index (χ1) is 14.3. The number of piperidine rings is 1. The van der Waals surface area contributed by atoms with Crippen molar-refractivity contribution in [3.8, 4) is 5.75 Å². The molecule has 2 fully saturated rings. The van der Waals surface area contributed by atoms with E-state index in [0.717, 1.165) is 18.9 Å². The second kappa shape index (κ2) is 13.3. The molecule has 2 heterocycles. The fourth-order valence-electron chi connectivity index (χ4n) is 4.47. The van der Waals surface area contributed by atoms with Gasteiger partial charge >= 0.3 is 0 Å². The number of nitrogens with zero attached hydrogens (tertiary/aromatic N) is 3. The van der Waals surface area contributed by atoms with Crippen LogP contribution in [-0.2, 0) is 6.54 Å². The van der Waals surface area contributed by atoms with Crippen molar-refractivity contribution in [2.45, 2.75) is 64.3 Å². The van der Waals surface area contributed by atoms with E-state index in [1.807, 2.05) is 0 Å².